The number of halogens is 3. The second-order valence-corrected chi connectivity index (χ2v) is 5.07. The zero-order chi connectivity index (χ0) is 15.5. The minimum Gasteiger partial charge on any atom is -0.393 e. The smallest absolute Gasteiger partial charge is 0.393 e. The molecule has 118 valence electrons. The Balaban J connectivity index is 1.76. The van der Waals surface area contributed by atoms with E-state index >= 15 is 0 Å². The number of aliphatic hydroxyl groups is 1. The van der Waals surface area contributed by atoms with Gasteiger partial charge in [-0.05, 0) is 19.3 Å². The highest BCUT2D eigenvalue weighted by Gasteiger charge is 2.38. The number of carbonyl (C=O) groups excluding carboxylic acids is 1. The van der Waals surface area contributed by atoms with Crippen LogP contribution in [0.4, 0.5) is 13.2 Å². The number of hydrogen-bond donors (Lipinski definition) is 2. The van der Waals surface area contributed by atoms with Crippen molar-refractivity contribution in [2.75, 3.05) is 6.54 Å². The molecule has 1 saturated carbocycles. The van der Waals surface area contributed by atoms with Crippen LogP contribution in [0.3, 0.4) is 0 Å². The summed E-state index contributed by atoms with van der Waals surface area (Å²) in [5, 5.41) is 15.3. The van der Waals surface area contributed by atoms with Crippen molar-refractivity contribution in [2.45, 2.75) is 44.4 Å². The van der Waals surface area contributed by atoms with Gasteiger partial charge in [-0.3, -0.25) is 4.79 Å². The normalized spacial score (nSPS) is 23.0. The number of hydrogen-bond acceptors (Lipinski definition) is 5. The Morgan fingerprint density at radius 2 is 2.19 bits per heavy atom. The number of rotatable bonds is 4. The van der Waals surface area contributed by atoms with Gasteiger partial charge >= 0.3 is 12.1 Å². The number of nitrogens with one attached hydrogen (secondary N) is 1. The van der Waals surface area contributed by atoms with Gasteiger partial charge in [-0.2, -0.15) is 18.2 Å². The lowest BCUT2D eigenvalue weighted by Crippen LogP contribution is -2.36. The second-order valence-electron chi connectivity index (χ2n) is 5.07. The van der Waals surface area contributed by atoms with Crippen molar-refractivity contribution >= 4 is 5.91 Å². The van der Waals surface area contributed by atoms with Crippen molar-refractivity contribution in [1.82, 2.24) is 15.5 Å². The Labute approximate surface area is 118 Å². The molecule has 2 atom stereocenters. The fraction of sp³-hybridized carbons (Fsp3) is 0.750. The third-order valence-electron chi connectivity index (χ3n) is 3.38. The molecule has 0 saturated heterocycles. The molecule has 1 heterocycles. The van der Waals surface area contributed by atoms with Gasteiger partial charge in [0.05, 0.1) is 6.10 Å². The summed E-state index contributed by atoms with van der Waals surface area (Å²) in [6.07, 6.45) is -2.43. The van der Waals surface area contributed by atoms with Gasteiger partial charge in [-0.25, -0.2) is 0 Å². The van der Waals surface area contributed by atoms with Crippen LogP contribution >= 0.6 is 0 Å². The lowest BCUT2D eigenvalue weighted by molar-refractivity contribution is -0.159. The summed E-state index contributed by atoms with van der Waals surface area (Å²) in [6, 6.07) is 0. The molecule has 0 unspecified atom stereocenters. The van der Waals surface area contributed by atoms with Gasteiger partial charge in [0.25, 0.3) is 0 Å². The highest BCUT2D eigenvalue weighted by atomic mass is 19.4. The maximum absolute atomic E-state index is 12.2. The molecule has 0 bridgehead atoms. The van der Waals surface area contributed by atoms with Crippen LogP contribution in [-0.2, 0) is 17.4 Å². The van der Waals surface area contributed by atoms with Crippen LogP contribution in [0.1, 0.15) is 37.4 Å². The van der Waals surface area contributed by atoms with Gasteiger partial charge in [0.2, 0.25) is 5.91 Å². The summed E-state index contributed by atoms with van der Waals surface area (Å²) in [7, 11) is 0. The standard InChI is InChI=1S/C12H16F3N3O3/c13-12(14,15)11-17-9(18-21-11)4-5-16-10(20)7-2-1-3-8(19)6-7/h7-8,19H,1-6H2,(H,16,20)/t7-,8+/m1/s1. The van der Waals surface area contributed by atoms with Crippen molar-refractivity contribution in [3.05, 3.63) is 11.7 Å². The molecule has 9 heteroatoms. The first-order chi connectivity index (χ1) is 9.86. The van der Waals surface area contributed by atoms with Crippen molar-refractivity contribution in [2.24, 2.45) is 5.92 Å². The number of aliphatic hydroxyl groups excluding tert-OH is 1. The van der Waals surface area contributed by atoms with Gasteiger partial charge in [-0.1, -0.05) is 11.6 Å². The van der Waals surface area contributed by atoms with E-state index in [9.17, 15) is 23.1 Å². The average Bonchev–Trinajstić information content (AvgIpc) is 2.87. The van der Waals surface area contributed by atoms with E-state index in [1.807, 2.05) is 0 Å². The maximum Gasteiger partial charge on any atom is 0.471 e. The molecule has 2 N–H and O–H groups in total. The first kappa shape index (κ1) is 15.7. The number of alkyl halides is 3. The van der Waals surface area contributed by atoms with Gasteiger partial charge in [0.1, 0.15) is 0 Å². The molecule has 1 aliphatic carbocycles. The quantitative estimate of drug-likeness (QED) is 0.875. The fourth-order valence-corrected chi connectivity index (χ4v) is 2.31. The Kier molecular flexibility index (Phi) is 4.81. The molecule has 1 aromatic heterocycles. The Hall–Kier alpha value is -1.64. The number of amides is 1. The second kappa shape index (κ2) is 6.42. The molecule has 0 aliphatic heterocycles. The lowest BCUT2D eigenvalue weighted by Gasteiger charge is -2.24. The van der Waals surface area contributed by atoms with Crippen LogP contribution in [0, 0.1) is 5.92 Å². The molecule has 0 spiro atoms. The first-order valence-electron chi connectivity index (χ1n) is 6.72. The molecule has 1 amide bonds. The number of carbonyl (C=O) groups is 1. The molecule has 2 rings (SSSR count). The third-order valence-corrected chi connectivity index (χ3v) is 3.38. The Morgan fingerprint density at radius 1 is 1.43 bits per heavy atom. The minimum absolute atomic E-state index is 0.0561. The highest BCUT2D eigenvalue weighted by Crippen LogP contribution is 2.27. The van der Waals surface area contributed by atoms with E-state index in [0.717, 1.165) is 6.42 Å². The fourth-order valence-electron chi connectivity index (χ4n) is 2.31. The summed E-state index contributed by atoms with van der Waals surface area (Å²) >= 11 is 0. The van der Waals surface area contributed by atoms with E-state index in [-0.39, 0.29) is 30.6 Å². The van der Waals surface area contributed by atoms with Crippen LogP contribution in [0.2, 0.25) is 0 Å². The predicted molar refractivity (Wildman–Crippen MR) is 64.0 cm³/mol. The van der Waals surface area contributed by atoms with Gasteiger partial charge in [-0.15, -0.1) is 0 Å². The summed E-state index contributed by atoms with van der Waals surface area (Å²) in [5.74, 6) is -1.94. The van der Waals surface area contributed by atoms with Crippen LogP contribution < -0.4 is 5.32 Å². The van der Waals surface area contributed by atoms with E-state index < -0.39 is 18.2 Å². The maximum atomic E-state index is 12.2. The molecule has 0 radical (unpaired) electrons. The van der Waals surface area contributed by atoms with E-state index in [2.05, 4.69) is 20.0 Å². The zero-order valence-electron chi connectivity index (χ0n) is 11.2. The zero-order valence-corrected chi connectivity index (χ0v) is 11.2. The minimum atomic E-state index is -4.66. The molecular weight excluding hydrogens is 291 g/mol. The molecule has 1 aliphatic rings. The largest absolute Gasteiger partial charge is 0.471 e. The van der Waals surface area contributed by atoms with Crippen molar-refractivity contribution < 1.29 is 27.6 Å². The monoisotopic (exact) mass is 307 g/mol. The van der Waals surface area contributed by atoms with Crippen molar-refractivity contribution in [3.8, 4) is 0 Å². The third kappa shape index (κ3) is 4.42. The molecule has 0 aromatic carbocycles. The van der Waals surface area contributed by atoms with Crippen LogP contribution in [0.15, 0.2) is 4.52 Å². The van der Waals surface area contributed by atoms with E-state index in [0.29, 0.717) is 19.3 Å². The van der Waals surface area contributed by atoms with Crippen molar-refractivity contribution in [1.29, 1.82) is 0 Å². The van der Waals surface area contributed by atoms with E-state index in [1.165, 1.54) is 0 Å². The molecule has 1 fully saturated rings. The molecule has 21 heavy (non-hydrogen) atoms. The summed E-state index contributed by atoms with van der Waals surface area (Å²) in [6.45, 7) is 0.127. The molecule has 6 nitrogen and oxygen atoms in total. The first-order valence-corrected chi connectivity index (χ1v) is 6.72. The summed E-state index contributed by atoms with van der Waals surface area (Å²) in [4.78, 5) is 15.0. The van der Waals surface area contributed by atoms with Crippen LogP contribution in [-0.4, -0.2) is 33.8 Å². The van der Waals surface area contributed by atoms with Gasteiger partial charge in [0.15, 0.2) is 5.82 Å². The topological polar surface area (TPSA) is 88.3 Å². The Bertz CT molecular complexity index is 490. The van der Waals surface area contributed by atoms with E-state index in [1.54, 1.807) is 0 Å². The lowest BCUT2D eigenvalue weighted by atomic mass is 9.87. The predicted octanol–water partition coefficient (Wildman–Crippen LogP) is 1.30. The summed E-state index contributed by atoms with van der Waals surface area (Å²) in [5.41, 5.74) is 0. The highest BCUT2D eigenvalue weighted by molar-refractivity contribution is 5.78. The SMILES string of the molecule is O=C(NCCc1noc(C(F)(F)F)n1)[C@@H]1CCC[C@H](O)C1. The van der Waals surface area contributed by atoms with Crippen molar-refractivity contribution in [3.63, 3.8) is 0 Å². The van der Waals surface area contributed by atoms with Crippen LogP contribution in [0.5, 0.6) is 0 Å². The van der Waals surface area contributed by atoms with Gasteiger partial charge < -0.3 is 14.9 Å². The average molecular weight is 307 g/mol. The van der Waals surface area contributed by atoms with Crippen LogP contribution in [0.25, 0.3) is 0 Å². The van der Waals surface area contributed by atoms with E-state index in [4.69, 9.17) is 0 Å². The Morgan fingerprint density at radius 3 is 2.81 bits per heavy atom. The number of aromatic nitrogens is 2. The number of nitrogens with zero attached hydrogens (tertiary/aromatic N) is 2. The summed E-state index contributed by atoms with van der Waals surface area (Å²) < 4.78 is 40.8. The van der Waals surface area contributed by atoms with Gasteiger partial charge in [0, 0.05) is 18.9 Å². The molecule has 1 aromatic rings. The molecular formula is C12H16F3N3O3.